The average Bonchev–Trinajstić information content (AvgIpc) is 3.30. The number of carbonyl (C=O) groups excluding carboxylic acids is 1. The first-order valence-corrected chi connectivity index (χ1v) is 10.1. The van der Waals surface area contributed by atoms with Crippen molar-refractivity contribution < 1.29 is 23.0 Å². The number of benzene rings is 1. The lowest BCUT2D eigenvalue weighted by Crippen LogP contribution is -2.29. The molecule has 1 atom stereocenters. The molecule has 168 valence electrons. The van der Waals surface area contributed by atoms with Gasteiger partial charge in [0.15, 0.2) is 0 Å². The minimum atomic E-state index is -2.94. The normalized spacial score (nSPS) is 17.4. The van der Waals surface area contributed by atoms with Crippen molar-refractivity contribution >= 4 is 23.3 Å². The summed E-state index contributed by atoms with van der Waals surface area (Å²) in [5.41, 5.74) is -1.04. The molecule has 0 saturated heterocycles. The van der Waals surface area contributed by atoms with Gasteiger partial charge in [0.25, 0.3) is 11.5 Å². The van der Waals surface area contributed by atoms with Gasteiger partial charge in [-0.15, -0.1) is 0 Å². The number of nitrogens with zero attached hydrogens (tertiary/aromatic N) is 2. The second-order valence-electron chi connectivity index (χ2n) is 8.39. The number of aromatic nitrogens is 1. The van der Waals surface area contributed by atoms with Crippen molar-refractivity contribution in [1.82, 2.24) is 4.57 Å². The summed E-state index contributed by atoms with van der Waals surface area (Å²) in [6.45, 7) is 4.88. The Hall–Kier alpha value is -3.18. The first-order chi connectivity index (χ1) is 14.9. The lowest BCUT2D eigenvalue weighted by Gasteiger charge is -2.22. The average molecular weight is 463 g/mol. The van der Waals surface area contributed by atoms with E-state index in [9.17, 15) is 23.6 Å². The van der Waals surface area contributed by atoms with E-state index in [0.29, 0.717) is 10.6 Å². The van der Waals surface area contributed by atoms with E-state index in [0.717, 1.165) is 16.7 Å². The largest absolute Gasteiger partial charge is 0.495 e. The van der Waals surface area contributed by atoms with Gasteiger partial charge in [0.05, 0.1) is 24.9 Å². The molecule has 1 heterocycles. The Labute approximate surface area is 188 Å². The van der Waals surface area contributed by atoms with E-state index in [1.54, 1.807) is 20.8 Å². The highest BCUT2D eigenvalue weighted by molar-refractivity contribution is 6.31. The molecule has 32 heavy (non-hydrogen) atoms. The van der Waals surface area contributed by atoms with Crippen LogP contribution >= 0.6 is 11.6 Å². The van der Waals surface area contributed by atoms with Crippen LogP contribution in [0.4, 0.5) is 8.78 Å². The molecular weight excluding hydrogens is 442 g/mol. The number of alkyl halides is 2. The number of carbonyl (C=O) groups is 1. The Morgan fingerprint density at radius 1 is 1.31 bits per heavy atom. The van der Waals surface area contributed by atoms with Crippen molar-refractivity contribution in [2.24, 2.45) is 5.92 Å². The molecule has 6 nitrogen and oxygen atoms in total. The summed E-state index contributed by atoms with van der Waals surface area (Å²) in [4.78, 5) is 25.8. The molecule has 0 bridgehead atoms. The maximum atomic E-state index is 13.6. The Bertz CT molecular complexity index is 1210. The fraction of sp³-hybridized carbons (Fsp3) is 0.348. The van der Waals surface area contributed by atoms with E-state index in [1.807, 2.05) is 6.07 Å². The topological polar surface area (TPSA) is 81.3 Å². The van der Waals surface area contributed by atoms with E-state index in [1.165, 1.54) is 31.5 Å². The van der Waals surface area contributed by atoms with Gasteiger partial charge in [-0.2, -0.15) is 5.26 Å². The third-order valence-corrected chi connectivity index (χ3v) is 4.97. The third kappa shape index (κ3) is 5.00. The molecule has 1 saturated carbocycles. The van der Waals surface area contributed by atoms with Gasteiger partial charge in [0, 0.05) is 34.6 Å². The summed E-state index contributed by atoms with van der Waals surface area (Å²) >= 11 is 6.06. The first kappa shape index (κ1) is 23.5. The van der Waals surface area contributed by atoms with Crippen LogP contribution in [0.3, 0.4) is 0 Å². The summed E-state index contributed by atoms with van der Waals surface area (Å²) in [6.07, 6.45) is 1.85. The van der Waals surface area contributed by atoms with Gasteiger partial charge in [-0.1, -0.05) is 11.6 Å². The zero-order chi connectivity index (χ0) is 23.8. The molecule has 0 N–H and O–H groups in total. The molecule has 0 amide bonds. The smallest absolute Gasteiger partial charge is 0.355 e. The van der Waals surface area contributed by atoms with Crippen LogP contribution < -0.4 is 10.3 Å². The van der Waals surface area contributed by atoms with Gasteiger partial charge >= 0.3 is 5.97 Å². The highest BCUT2D eigenvalue weighted by atomic mass is 35.5. The van der Waals surface area contributed by atoms with Gasteiger partial charge < -0.3 is 9.47 Å². The number of hydrogen-bond acceptors (Lipinski definition) is 5. The fourth-order valence-electron chi connectivity index (χ4n) is 3.10. The highest BCUT2D eigenvalue weighted by Gasteiger charge is 2.56. The predicted octanol–water partition coefficient (Wildman–Crippen LogP) is 4.89. The molecule has 1 fully saturated rings. The second kappa shape index (κ2) is 8.40. The molecule has 0 radical (unpaired) electrons. The number of esters is 1. The Morgan fingerprint density at radius 2 is 1.97 bits per heavy atom. The summed E-state index contributed by atoms with van der Waals surface area (Å²) in [7, 11) is 1.34. The molecule has 9 heteroatoms. The van der Waals surface area contributed by atoms with Crippen molar-refractivity contribution in [3.8, 4) is 22.9 Å². The minimum absolute atomic E-state index is 0.139. The molecule has 1 aliphatic rings. The van der Waals surface area contributed by atoms with Crippen LogP contribution in [-0.2, 0) is 9.53 Å². The highest BCUT2D eigenvalue weighted by Crippen LogP contribution is 2.50. The molecule has 0 spiro atoms. The van der Waals surface area contributed by atoms with Crippen LogP contribution in [0.1, 0.15) is 32.8 Å². The SMILES string of the molecule is COc1cn(C(=CC2CC2(F)F)C(=O)OC(C)(C)C)c(=O)cc1-c1cc(Cl)ccc1C#N. The number of hydrogen-bond donors (Lipinski definition) is 0. The van der Waals surface area contributed by atoms with E-state index < -0.39 is 35.4 Å². The maximum Gasteiger partial charge on any atom is 0.355 e. The second-order valence-corrected chi connectivity index (χ2v) is 8.83. The maximum absolute atomic E-state index is 13.6. The van der Waals surface area contributed by atoms with Gasteiger partial charge in [0.2, 0.25) is 0 Å². The first-order valence-electron chi connectivity index (χ1n) is 9.70. The molecular formula is C23H21ClF2N2O4. The van der Waals surface area contributed by atoms with Gasteiger partial charge in [-0.25, -0.2) is 13.6 Å². The Kier molecular flexibility index (Phi) is 6.16. The molecule has 1 unspecified atom stereocenters. The Morgan fingerprint density at radius 3 is 2.50 bits per heavy atom. The molecule has 1 aliphatic carbocycles. The lowest BCUT2D eigenvalue weighted by atomic mass is 10.0. The molecule has 3 rings (SSSR count). The molecule has 1 aromatic heterocycles. The van der Waals surface area contributed by atoms with E-state index in [-0.39, 0.29) is 22.6 Å². The van der Waals surface area contributed by atoms with Crippen LogP contribution in [0.5, 0.6) is 5.75 Å². The van der Waals surface area contributed by atoms with Crippen LogP contribution in [-0.4, -0.2) is 29.2 Å². The number of rotatable bonds is 5. The summed E-state index contributed by atoms with van der Waals surface area (Å²) < 4.78 is 38.8. The summed E-state index contributed by atoms with van der Waals surface area (Å²) in [5.74, 6) is -4.90. The lowest BCUT2D eigenvalue weighted by molar-refractivity contribution is -0.147. The van der Waals surface area contributed by atoms with E-state index >= 15 is 0 Å². The zero-order valence-electron chi connectivity index (χ0n) is 17.9. The van der Waals surface area contributed by atoms with E-state index in [4.69, 9.17) is 21.1 Å². The minimum Gasteiger partial charge on any atom is -0.495 e. The fourth-order valence-corrected chi connectivity index (χ4v) is 3.27. The van der Waals surface area contributed by atoms with Crippen LogP contribution in [0.25, 0.3) is 16.8 Å². The van der Waals surface area contributed by atoms with Crippen LogP contribution in [0.2, 0.25) is 5.02 Å². The van der Waals surface area contributed by atoms with E-state index in [2.05, 4.69) is 0 Å². The number of nitriles is 1. The third-order valence-electron chi connectivity index (χ3n) is 4.73. The van der Waals surface area contributed by atoms with Crippen molar-refractivity contribution in [3.05, 3.63) is 57.5 Å². The number of methoxy groups -OCH3 is 1. The number of halogens is 3. The summed E-state index contributed by atoms with van der Waals surface area (Å²) in [6, 6.07) is 7.74. The van der Waals surface area contributed by atoms with Crippen LogP contribution in [0.15, 0.2) is 41.3 Å². The molecule has 2 aromatic rings. The quantitative estimate of drug-likeness (QED) is 0.467. The Balaban J connectivity index is 2.18. The van der Waals surface area contributed by atoms with Crippen molar-refractivity contribution in [2.45, 2.75) is 38.7 Å². The number of allylic oxidation sites excluding steroid dienone is 1. The zero-order valence-corrected chi connectivity index (χ0v) is 18.7. The molecule has 0 aliphatic heterocycles. The van der Waals surface area contributed by atoms with Gasteiger partial charge in [-0.05, 0) is 45.0 Å². The van der Waals surface area contributed by atoms with Crippen molar-refractivity contribution in [1.29, 1.82) is 5.26 Å². The summed E-state index contributed by atoms with van der Waals surface area (Å²) in [5, 5.41) is 9.77. The number of ether oxygens (including phenoxy) is 2. The standard InChI is InChI=1S/C23H21ClF2N2O4/c1-22(2,3)32-21(30)18(7-14-10-23(14,25)26)28-12-19(31-4)17(9-20(28)29)16-8-15(24)6-5-13(16)11-27/h5-9,12,14H,10H2,1-4H3. The van der Waals surface area contributed by atoms with Crippen LogP contribution in [0, 0.1) is 17.2 Å². The van der Waals surface area contributed by atoms with Gasteiger partial charge in [-0.3, -0.25) is 9.36 Å². The number of pyridine rings is 1. The van der Waals surface area contributed by atoms with Gasteiger partial charge in [0.1, 0.15) is 17.0 Å². The van der Waals surface area contributed by atoms with Crippen molar-refractivity contribution in [3.63, 3.8) is 0 Å². The monoisotopic (exact) mass is 462 g/mol. The molecule has 1 aromatic carbocycles. The predicted molar refractivity (Wildman–Crippen MR) is 116 cm³/mol. The van der Waals surface area contributed by atoms with Crippen molar-refractivity contribution in [2.75, 3.05) is 7.11 Å².